The minimum absolute atomic E-state index is 0.898. The van der Waals surface area contributed by atoms with Gasteiger partial charge in [0, 0.05) is 0 Å². The first-order valence-electron chi connectivity index (χ1n) is 5.61. The Morgan fingerprint density at radius 3 is 2.25 bits per heavy atom. The van der Waals surface area contributed by atoms with Crippen molar-refractivity contribution in [3.63, 3.8) is 0 Å². The van der Waals surface area contributed by atoms with E-state index in [1.54, 1.807) is 0 Å². The Balaban J connectivity index is 2.41. The zero-order valence-electron chi connectivity index (χ0n) is 9.14. The lowest BCUT2D eigenvalue weighted by atomic mass is 9.52. The van der Waals surface area contributed by atoms with E-state index in [4.69, 9.17) is 0 Å². The van der Waals surface area contributed by atoms with Crippen molar-refractivity contribution in [1.29, 1.82) is 0 Å². The Bertz CT molecular complexity index is 129. The van der Waals surface area contributed by atoms with Gasteiger partial charge in [-0.3, -0.25) is 0 Å². The normalized spacial score (nSPS) is 30.2. The first-order chi connectivity index (χ1) is 5.61. The standard InChI is InChI=1S/C11H23B/c1-8(2)10-6-5-7-11(10)12-9(3)4/h8-12H,5-7H2,1-4H3. The van der Waals surface area contributed by atoms with Crippen molar-refractivity contribution in [3.8, 4) is 0 Å². The number of rotatable bonds is 3. The zero-order valence-corrected chi connectivity index (χ0v) is 9.14. The molecule has 2 atom stereocenters. The van der Waals surface area contributed by atoms with Gasteiger partial charge < -0.3 is 0 Å². The molecule has 70 valence electrons. The van der Waals surface area contributed by atoms with Crippen LogP contribution in [0.5, 0.6) is 0 Å². The molecule has 0 bridgehead atoms. The fourth-order valence-electron chi connectivity index (χ4n) is 2.84. The van der Waals surface area contributed by atoms with Crippen LogP contribution in [-0.4, -0.2) is 7.28 Å². The third-order valence-electron chi connectivity index (χ3n) is 3.35. The van der Waals surface area contributed by atoms with Crippen LogP contribution in [0.25, 0.3) is 0 Å². The maximum Gasteiger partial charge on any atom is 0.127 e. The first kappa shape index (κ1) is 10.1. The van der Waals surface area contributed by atoms with Gasteiger partial charge in [0.05, 0.1) is 0 Å². The largest absolute Gasteiger partial charge is 0.127 e. The van der Waals surface area contributed by atoms with Crippen molar-refractivity contribution in [2.45, 2.75) is 58.6 Å². The topological polar surface area (TPSA) is 0 Å². The van der Waals surface area contributed by atoms with Crippen molar-refractivity contribution < 1.29 is 0 Å². The summed E-state index contributed by atoms with van der Waals surface area (Å²) in [5.41, 5.74) is 0. The molecule has 12 heavy (non-hydrogen) atoms. The van der Waals surface area contributed by atoms with Gasteiger partial charge in [-0.1, -0.05) is 58.6 Å². The van der Waals surface area contributed by atoms with Crippen LogP contribution < -0.4 is 0 Å². The highest BCUT2D eigenvalue weighted by atomic mass is 14.3. The van der Waals surface area contributed by atoms with Gasteiger partial charge in [-0.15, -0.1) is 0 Å². The molecule has 0 spiro atoms. The molecule has 1 rings (SSSR count). The average Bonchev–Trinajstić information content (AvgIpc) is 2.33. The zero-order chi connectivity index (χ0) is 9.14. The first-order valence-corrected chi connectivity index (χ1v) is 5.61. The van der Waals surface area contributed by atoms with Crippen molar-refractivity contribution >= 4 is 7.28 Å². The van der Waals surface area contributed by atoms with E-state index in [0.29, 0.717) is 0 Å². The fraction of sp³-hybridized carbons (Fsp3) is 1.00. The van der Waals surface area contributed by atoms with Crippen LogP contribution in [0.2, 0.25) is 11.6 Å². The maximum atomic E-state index is 2.39. The molecule has 0 heterocycles. The number of hydrogen-bond acceptors (Lipinski definition) is 0. The van der Waals surface area contributed by atoms with E-state index in [9.17, 15) is 0 Å². The van der Waals surface area contributed by atoms with Gasteiger partial charge in [0.15, 0.2) is 0 Å². The Morgan fingerprint density at radius 2 is 1.75 bits per heavy atom. The van der Waals surface area contributed by atoms with E-state index in [1.165, 1.54) is 26.5 Å². The summed E-state index contributed by atoms with van der Waals surface area (Å²) < 4.78 is 0. The van der Waals surface area contributed by atoms with Crippen molar-refractivity contribution in [3.05, 3.63) is 0 Å². The second kappa shape index (κ2) is 4.34. The lowest BCUT2D eigenvalue weighted by Gasteiger charge is -2.23. The highest BCUT2D eigenvalue weighted by molar-refractivity contribution is 6.39. The Kier molecular flexibility index (Phi) is 3.67. The number of hydrogen-bond donors (Lipinski definition) is 0. The third-order valence-corrected chi connectivity index (χ3v) is 3.35. The Hall–Kier alpha value is 0.0649. The fourth-order valence-corrected chi connectivity index (χ4v) is 2.84. The lowest BCUT2D eigenvalue weighted by molar-refractivity contribution is 0.393. The van der Waals surface area contributed by atoms with Crippen LogP contribution in [-0.2, 0) is 0 Å². The highest BCUT2D eigenvalue weighted by Crippen LogP contribution is 2.41. The summed E-state index contributed by atoms with van der Waals surface area (Å²) in [5, 5.41) is 0. The molecule has 0 N–H and O–H groups in total. The summed E-state index contributed by atoms with van der Waals surface area (Å²) in [6.07, 6.45) is 4.48. The second-order valence-electron chi connectivity index (χ2n) is 5.23. The highest BCUT2D eigenvalue weighted by Gasteiger charge is 2.30. The van der Waals surface area contributed by atoms with E-state index in [1.807, 2.05) is 0 Å². The second-order valence-corrected chi connectivity index (χ2v) is 5.23. The average molecular weight is 166 g/mol. The molecular weight excluding hydrogens is 143 g/mol. The predicted molar refractivity (Wildman–Crippen MR) is 58.2 cm³/mol. The van der Waals surface area contributed by atoms with Gasteiger partial charge in [-0.05, 0) is 11.8 Å². The van der Waals surface area contributed by atoms with E-state index < -0.39 is 0 Å². The third kappa shape index (κ3) is 2.53. The SMILES string of the molecule is CC(C)BC1CCCC1C(C)C. The quantitative estimate of drug-likeness (QED) is 0.563. The molecule has 0 nitrogen and oxygen atoms in total. The molecular formula is C11H23B. The monoisotopic (exact) mass is 166 g/mol. The molecule has 0 aromatic heterocycles. The van der Waals surface area contributed by atoms with Crippen LogP contribution in [0.4, 0.5) is 0 Å². The van der Waals surface area contributed by atoms with Gasteiger partial charge in [0.2, 0.25) is 0 Å². The van der Waals surface area contributed by atoms with E-state index in [2.05, 4.69) is 27.7 Å². The predicted octanol–water partition coefficient (Wildman–Crippen LogP) is 3.50. The van der Waals surface area contributed by atoms with Gasteiger partial charge in [0.25, 0.3) is 0 Å². The van der Waals surface area contributed by atoms with Crippen LogP contribution in [0.3, 0.4) is 0 Å². The molecule has 2 unspecified atom stereocenters. The van der Waals surface area contributed by atoms with Gasteiger partial charge in [-0.2, -0.15) is 0 Å². The summed E-state index contributed by atoms with van der Waals surface area (Å²) in [5.74, 6) is 3.89. The molecule has 1 fully saturated rings. The van der Waals surface area contributed by atoms with Crippen molar-refractivity contribution in [1.82, 2.24) is 0 Å². The van der Waals surface area contributed by atoms with E-state index >= 15 is 0 Å². The molecule has 1 aliphatic rings. The van der Waals surface area contributed by atoms with E-state index in [0.717, 1.165) is 23.5 Å². The van der Waals surface area contributed by atoms with Gasteiger partial charge >= 0.3 is 0 Å². The molecule has 0 aromatic carbocycles. The summed E-state index contributed by atoms with van der Waals surface area (Å²) in [6.45, 7) is 9.50. The van der Waals surface area contributed by atoms with Crippen LogP contribution >= 0.6 is 0 Å². The molecule has 0 radical (unpaired) electrons. The summed E-state index contributed by atoms with van der Waals surface area (Å²) in [7, 11) is 1.46. The summed E-state index contributed by atoms with van der Waals surface area (Å²) in [4.78, 5) is 0. The maximum absolute atomic E-state index is 2.39. The molecule has 1 heteroatoms. The minimum Gasteiger partial charge on any atom is -0.0710 e. The summed E-state index contributed by atoms with van der Waals surface area (Å²) >= 11 is 0. The van der Waals surface area contributed by atoms with Crippen LogP contribution in [0.1, 0.15) is 47.0 Å². The summed E-state index contributed by atoms with van der Waals surface area (Å²) in [6, 6.07) is 0. The van der Waals surface area contributed by atoms with Crippen molar-refractivity contribution in [2.24, 2.45) is 11.8 Å². The minimum atomic E-state index is 0.898. The Labute approximate surface area is 78.4 Å². The molecule has 0 aromatic rings. The molecule has 1 saturated carbocycles. The van der Waals surface area contributed by atoms with E-state index in [-0.39, 0.29) is 0 Å². The van der Waals surface area contributed by atoms with Crippen LogP contribution in [0, 0.1) is 11.8 Å². The molecule has 1 aliphatic carbocycles. The molecule has 0 saturated heterocycles. The van der Waals surface area contributed by atoms with Crippen LogP contribution in [0.15, 0.2) is 0 Å². The van der Waals surface area contributed by atoms with Gasteiger partial charge in [0.1, 0.15) is 7.28 Å². The lowest BCUT2D eigenvalue weighted by Crippen LogP contribution is -2.16. The molecule has 0 amide bonds. The van der Waals surface area contributed by atoms with Gasteiger partial charge in [-0.25, -0.2) is 0 Å². The smallest absolute Gasteiger partial charge is 0.0710 e. The molecule has 0 aliphatic heterocycles. The Morgan fingerprint density at radius 1 is 1.08 bits per heavy atom. The van der Waals surface area contributed by atoms with Crippen molar-refractivity contribution in [2.75, 3.05) is 0 Å².